The minimum absolute atomic E-state index is 0.119. The normalized spacial score (nSPS) is 23.7. The van der Waals surface area contributed by atoms with Gasteiger partial charge in [0.15, 0.2) is 0 Å². The van der Waals surface area contributed by atoms with Gasteiger partial charge < -0.3 is 10.8 Å². The number of sulfonamides is 1. The molecule has 1 aliphatic heterocycles. The number of hydrogen-bond acceptors (Lipinski definition) is 4. The molecule has 21 heavy (non-hydrogen) atoms. The fourth-order valence-electron chi connectivity index (χ4n) is 2.77. The molecule has 3 N–H and O–H groups in total. The van der Waals surface area contributed by atoms with Crippen LogP contribution >= 0.6 is 0 Å². The Morgan fingerprint density at radius 3 is 2.48 bits per heavy atom. The first kappa shape index (κ1) is 14.3. The maximum Gasteiger partial charge on any atom is 0.243 e. The second kappa shape index (κ2) is 4.69. The molecule has 1 saturated heterocycles. The number of nitrogen functional groups attached to an aromatic ring is 1. The number of anilines is 1. The smallest absolute Gasteiger partial charge is 0.243 e. The van der Waals surface area contributed by atoms with Crippen molar-refractivity contribution in [1.29, 1.82) is 0 Å². The van der Waals surface area contributed by atoms with Gasteiger partial charge in [0.05, 0.1) is 10.5 Å². The summed E-state index contributed by atoms with van der Waals surface area (Å²) in [5.41, 5.74) is 5.51. The molecule has 0 spiro atoms. The monoisotopic (exact) mass is 306 g/mol. The lowest BCUT2D eigenvalue weighted by Crippen LogP contribution is -2.34. The third-order valence-electron chi connectivity index (χ3n) is 3.95. The third-order valence-corrected chi connectivity index (χ3v) is 5.86. The van der Waals surface area contributed by atoms with Crippen molar-refractivity contribution in [2.45, 2.75) is 23.8 Å². The molecule has 3 rings (SSSR count). The highest BCUT2D eigenvalue weighted by Crippen LogP contribution is 2.32. The Balaban J connectivity index is 2.14. The highest BCUT2D eigenvalue weighted by atomic mass is 32.2. The van der Waals surface area contributed by atoms with Gasteiger partial charge in [0.25, 0.3) is 0 Å². The van der Waals surface area contributed by atoms with Crippen LogP contribution in [0.1, 0.15) is 13.3 Å². The Bertz CT molecular complexity index is 800. The van der Waals surface area contributed by atoms with Gasteiger partial charge in [0.2, 0.25) is 10.0 Å². The summed E-state index contributed by atoms with van der Waals surface area (Å²) in [5.74, 6) is 0. The Morgan fingerprint density at radius 1 is 1.19 bits per heavy atom. The first-order valence-corrected chi connectivity index (χ1v) is 8.25. The molecule has 0 amide bonds. The van der Waals surface area contributed by atoms with Crippen LogP contribution in [0.5, 0.6) is 0 Å². The predicted octanol–water partition coefficient (Wildman–Crippen LogP) is 1.57. The molecule has 2 aromatic carbocycles. The van der Waals surface area contributed by atoms with E-state index >= 15 is 0 Å². The van der Waals surface area contributed by atoms with Gasteiger partial charge in [-0.05, 0) is 25.5 Å². The van der Waals surface area contributed by atoms with Gasteiger partial charge in [0, 0.05) is 29.5 Å². The number of hydrogen-bond donors (Lipinski definition) is 2. The summed E-state index contributed by atoms with van der Waals surface area (Å²) in [7, 11) is -3.64. The standard InChI is InChI=1S/C15H18N2O3S/c1-15(18)8-9-17(10-15)21(19,20)14-7-6-13(16)11-4-2-3-5-12(11)14/h2-7,18H,8-10,16H2,1H3. The van der Waals surface area contributed by atoms with E-state index < -0.39 is 15.6 Å². The van der Waals surface area contributed by atoms with Crippen molar-refractivity contribution in [1.82, 2.24) is 4.31 Å². The molecule has 112 valence electrons. The van der Waals surface area contributed by atoms with Crippen LogP contribution in [0.3, 0.4) is 0 Å². The third kappa shape index (κ3) is 2.39. The minimum atomic E-state index is -3.64. The molecule has 1 unspecified atom stereocenters. The van der Waals surface area contributed by atoms with E-state index in [0.29, 0.717) is 24.0 Å². The van der Waals surface area contributed by atoms with Crippen LogP contribution in [-0.4, -0.2) is 36.5 Å². The Morgan fingerprint density at radius 2 is 1.86 bits per heavy atom. The second-order valence-corrected chi connectivity index (χ2v) is 7.69. The van der Waals surface area contributed by atoms with Crippen molar-refractivity contribution in [2.75, 3.05) is 18.8 Å². The first-order valence-electron chi connectivity index (χ1n) is 6.81. The molecule has 6 heteroatoms. The number of β-amino-alcohol motifs (C(OH)–C–C–N with tert-alkyl or cyclic N) is 1. The molecule has 0 saturated carbocycles. The number of rotatable bonds is 2. The van der Waals surface area contributed by atoms with E-state index in [1.54, 1.807) is 31.2 Å². The number of nitrogens with two attached hydrogens (primary N) is 1. The summed E-state index contributed by atoms with van der Waals surface area (Å²) in [6.45, 7) is 2.10. The van der Waals surface area contributed by atoms with E-state index in [9.17, 15) is 13.5 Å². The largest absolute Gasteiger partial charge is 0.398 e. The van der Waals surface area contributed by atoms with Crippen molar-refractivity contribution in [3.05, 3.63) is 36.4 Å². The minimum Gasteiger partial charge on any atom is -0.398 e. The van der Waals surface area contributed by atoms with Gasteiger partial charge in [-0.1, -0.05) is 24.3 Å². The summed E-state index contributed by atoms with van der Waals surface area (Å²) < 4.78 is 27.0. The van der Waals surface area contributed by atoms with Crippen LogP contribution in [0.15, 0.2) is 41.3 Å². The molecule has 1 atom stereocenters. The molecule has 0 radical (unpaired) electrons. The highest BCUT2D eigenvalue weighted by molar-refractivity contribution is 7.89. The fourth-order valence-corrected chi connectivity index (χ4v) is 4.52. The first-order chi connectivity index (χ1) is 9.81. The summed E-state index contributed by atoms with van der Waals surface area (Å²) in [5, 5.41) is 11.3. The Labute approximate surface area is 124 Å². The Kier molecular flexibility index (Phi) is 3.20. The topological polar surface area (TPSA) is 83.6 Å². The van der Waals surface area contributed by atoms with E-state index in [0.717, 1.165) is 5.39 Å². The highest BCUT2D eigenvalue weighted by Gasteiger charge is 2.39. The quantitative estimate of drug-likeness (QED) is 0.825. The van der Waals surface area contributed by atoms with Crippen molar-refractivity contribution < 1.29 is 13.5 Å². The van der Waals surface area contributed by atoms with Crippen LogP contribution in [0.2, 0.25) is 0 Å². The molecular weight excluding hydrogens is 288 g/mol. The van der Waals surface area contributed by atoms with Crippen molar-refractivity contribution in [3.63, 3.8) is 0 Å². The number of aliphatic hydroxyl groups is 1. The van der Waals surface area contributed by atoms with Crippen molar-refractivity contribution in [3.8, 4) is 0 Å². The van der Waals surface area contributed by atoms with Gasteiger partial charge in [-0.3, -0.25) is 0 Å². The van der Waals surface area contributed by atoms with E-state index in [4.69, 9.17) is 5.73 Å². The molecule has 0 bridgehead atoms. The zero-order valence-electron chi connectivity index (χ0n) is 11.8. The molecule has 0 aliphatic carbocycles. The SMILES string of the molecule is CC1(O)CCN(S(=O)(=O)c2ccc(N)c3ccccc23)C1. The number of benzene rings is 2. The zero-order valence-corrected chi connectivity index (χ0v) is 12.6. The lowest BCUT2D eigenvalue weighted by molar-refractivity contribution is 0.0762. The maximum atomic E-state index is 12.8. The molecule has 1 heterocycles. The van der Waals surface area contributed by atoms with E-state index in [-0.39, 0.29) is 11.4 Å². The van der Waals surface area contributed by atoms with E-state index in [2.05, 4.69) is 0 Å². The number of nitrogens with zero attached hydrogens (tertiary/aromatic N) is 1. The molecule has 5 nitrogen and oxygen atoms in total. The average molecular weight is 306 g/mol. The summed E-state index contributed by atoms with van der Waals surface area (Å²) in [6, 6.07) is 10.3. The van der Waals surface area contributed by atoms with Crippen LogP contribution in [0, 0.1) is 0 Å². The van der Waals surface area contributed by atoms with E-state index in [1.165, 1.54) is 4.31 Å². The van der Waals surface area contributed by atoms with Gasteiger partial charge in [-0.2, -0.15) is 4.31 Å². The fraction of sp³-hybridized carbons (Fsp3) is 0.333. The van der Waals surface area contributed by atoms with Crippen LogP contribution in [0.25, 0.3) is 10.8 Å². The van der Waals surface area contributed by atoms with Gasteiger partial charge in [-0.15, -0.1) is 0 Å². The van der Waals surface area contributed by atoms with Gasteiger partial charge in [-0.25, -0.2) is 8.42 Å². The Hall–Kier alpha value is -1.63. The summed E-state index contributed by atoms with van der Waals surface area (Å²) in [6.07, 6.45) is 0.444. The van der Waals surface area contributed by atoms with Crippen LogP contribution < -0.4 is 5.73 Å². The lowest BCUT2D eigenvalue weighted by atomic mass is 10.1. The van der Waals surface area contributed by atoms with E-state index in [1.807, 2.05) is 12.1 Å². The zero-order chi connectivity index (χ0) is 15.3. The lowest BCUT2D eigenvalue weighted by Gasteiger charge is -2.20. The van der Waals surface area contributed by atoms with Crippen LogP contribution in [-0.2, 0) is 10.0 Å². The molecule has 1 fully saturated rings. The van der Waals surface area contributed by atoms with Crippen LogP contribution in [0.4, 0.5) is 5.69 Å². The molecule has 2 aromatic rings. The predicted molar refractivity (Wildman–Crippen MR) is 82.4 cm³/mol. The molecule has 0 aromatic heterocycles. The maximum absolute atomic E-state index is 12.8. The molecule has 1 aliphatic rings. The molecular formula is C15H18N2O3S. The average Bonchev–Trinajstić information content (AvgIpc) is 2.80. The van der Waals surface area contributed by atoms with Gasteiger partial charge >= 0.3 is 0 Å². The van der Waals surface area contributed by atoms with Crippen molar-refractivity contribution >= 4 is 26.5 Å². The second-order valence-electron chi connectivity index (χ2n) is 5.78. The summed E-state index contributed by atoms with van der Waals surface area (Å²) >= 11 is 0. The number of fused-ring (bicyclic) bond motifs is 1. The van der Waals surface area contributed by atoms with Crippen molar-refractivity contribution in [2.24, 2.45) is 0 Å². The summed E-state index contributed by atoms with van der Waals surface area (Å²) in [4.78, 5) is 0.241. The van der Waals surface area contributed by atoms with Gasteiger partial charge in [0.1, 0.15) is 0 Å².